The normalized spacial score (nSPS) is 11.2. The number of hydrogen-bond acceptors (Lipinski definition) is 1. The van der Waals surface area contributed by atoms with Crippen LogP contribution in [0.3, 0.4) is 0 Å². The number of imidazole rings is 1. The van der Waals surface area contributed by atoms with E-state index in [0.717, 1.165) is 5.82 Å². The predicted molar refractivity (Wildman–Crippen MR) is 58.9 cm³/mol. The van der Waals surface area contributed by atoms with Gasteiger partial charge in [-0.15, -0.1) is 0 Å². The third kappa shape index (κ3) is 0.999. The van der Waals surface area contributed by atoms with E-state index in [1.807, 2.05) is 13.1 Å². The van der Waals surface area contributed by atoms with Gasteiger partial charge in [-0.25, -0.2) is 4.98 Å². The van der Waals surface area contributed by atoms with Crippen molar-refractivity contribution in [2.75, 3.05) is 0 Å². The van der Waals surface area contributed by atoms with Gasteiger partial charge in [0.1, 0.15) is 5.82 Å². The van der Waals surface area contributed by atoms with Gasteiger partial charge in [0, 0.05) is 5.69 Å². The number of nitrogens with zero attached hydrogens (tertiary/aromatic N) is 2. The lowest BCUT2D eigenvalue weighted by Gasteiger charge is -2.12. The highest BCUT2D eigenvalue weighted by Crippen LogP contribution is 2.22. The summed E-state index contributed by atoms with van der Waals surface area (Å²) in [7, 11) is 0. The molecule has 2 aromatic heterocycles. The number of aryl methyl sites for hydroxylation is 3. The molecule has 0 unspecified atom stereocenters. The van der Waals surface area contributed by atoms with Gasteiger partial charge >= 0.3 is 0 Å². The highest BCUT2D eigenvalue weighted by atomic mass is 15.0. The molecule has 0 saturated heterocycles. The molecule has 2 rings (SSSR count). The molecule has 14 heavy (non-hydrogen) atoms. The molecule has 0 fully saturated rings. The Morgan fingerprint density at radius 2 is 1.57 bits per heavy atom. The summed E-state index contributed by atoms with van der Waals surface area (Å²) in [6.07, 6.45) is 1.96. The average Bonchev–Trinajstić information content (AvgIpc) is 2.54. The van der Waals surface area contributed by atoms with Gasteiger partial charge in [-0.3, -0.25) is 0 Å². The molecule has 0 aliphatic rings. The first kappa shape index (κ1) is 9.25. The Bertz CT molecular complexity index is 507. The van der Waals surface area contributed by atoms with E-state index in [0.29, 0.717) is 0 Å². The standard InChI is InChI=1S/C12H16N2/c1-7-8(2)10(4)14-11(5)13-6-12(14)9(7)3/h6H,1-5H3. The summed E-state index contributed by atoms with van der Waals surface area (Å²) in [5.41, 5.74) is 6.64. The lowest BCUT2D eigenvalue weighted by atomic mass is 10.0. The summed E-state index contributed by atoms with van der Waals surface area (Å²) >= 11 is 0. The van der Waals surface area contributed by atoms with Crippen LogP contribution in [0.5, 0.6) is 0 Å². The molecule has 0 spiro atoms. The molecule has 0 bridgehead atoms. The number of pyridine rings is 1. The Morgan fingerprint density at radius 1 is 0.929 bits per heavy atom. The van der Waals surface area contributed by atoms with E-state index >= 15 is 0 Å². The molecular formula is C12H16N2. The number of rotatable bonds is 0. The Hall–Kier alpha value is -1.31. The summed E-state index contributed by atoms with van der Waals surface area (Å²) in [4.78, 5) is 4.36. The number of fused-ring (bicyclic) bond motifs is 1. The molecule has 0 N–H and O–H groups in total. The Balaban J connectivity index is 3.05. The molecule has 0 radical (unpaired) electrons. The molecule has 0 aliphatic carbocycles. The monoisotopic (exact) mass is 188 g/mol. The molecule has 0 atom stereocenters. The molecule has 2 heterocycles. The van der Waals surface area contributed by atoms with Crippen LogP contribution in [0.2, 0.25) is 0 Å². The fourth-order valence-corrected chi connectivity index (χ4v) is 2.04. The third-order valence-corrected chi connectivity index (χ3v) is 3.33. The van der Waals surface area contributed by atoms with Crippen LogP contribution in [0.4, 0.5) is 0 Å². The fraction of sp³-hybridized carbons (Fsp3) is 0.417. The molecular weight excluding hydrogens is 172 g/mol. The van der Waals surface area contributed by atoms with Crippen LogP contribution in [-0.2, 0) is 0 Å². The second-order valence-electron chi connectivity index (χ2n) is 3.99. The van der Waals surface area contributed by atoms with Crippen molar-refractivity contribution in [2.24, 2.45) is 0 Å². The predicted octanol–water partition coefficient (Wildman–Crippen LogP) is 2.88. The van der Waals surface area contributed by atoms with Crippen LogP contribution >= 0.6 is 0 Å². The first-order chi connectivity index (χ1) is 6.54. The smallest absolute Gasteiger partial charge is 0.110 e. The van der Waals surface area contributed by atoms with Crippen molar-refractivity contribution in [1.82, 2.24) is 9.38 Å². The van der Waals surface area contributed by atoms with Gasteiger partial charge < -0.3 is 4.40 Å². The van der Waals surface area contributed by atoms with Crippen LogP contribution in [0.15, 0.2) is 6.20 Å². The molecule has 0 aromatic carbocycles. The first-order valence-corrected chi connectivity index (χ1v) is 4.94. The van der Waals surface area contributed by atoms with Gasteiger partial charge in [-0.05, 0) is 51.3 Å². The molecule has 74 valence electrons. The summed E-state index contributed by atoms with van der Waals surface area (Å²) in [6.45, 7) is 10.7. The summed E-state index contributed by atoms with van der Waals surface area (Å²) in [5, 5.41) is 0. The highest BCUT2D eigenvalue weighted by Gasteiger charge is 2.10. The minimum atomic E-state index is 1.07. The molecule has 2 aromatic rings. The van der Waals surface area contributed by atoms with E-state index in [2.05, 4.69) is 37.1 Å². The van der Waals surface area contributed by atoms with Crippen molar-refractivity contribution in [2.45, 2.75) is 34.6 Å². The van der Waals surface area contributed by atoms with E-state index in [9.17, 15) is 0 Å². The quantitative estimate of drug-likeness (QED) is 0.621. The van der Waals surface area contributed by atoms with E-state index in [4.69, 9.17) is 0 Å². The minimum Gasteiger partial charge on any atom is -0.301 e. The zero-order valence-electron chi connectivity index (χ0n) is 9.47. The Kier molecular flexibility index (Phi) is 1.88. The SMILES string of the molecule is Cc1c(C)c(C)n2c(C)ncc2c1C. The fourth-order valence-electron chi connectivity index (χ4n) is 2.04. The van der Waals surface area contributed by atoms with Gasteiger partial charge in [0.25, 0.3) is 0 Å². The molecule has 2 heteroatoms. The second kappa shape index (κ2) is 2.84. The van der Waals surface area contributed by atoms with Crippen LogP contribution in [-0.4, -0.2) is 9.38 Å². The lowest BCUT2D eigenvalue weighted by Crippen LogP contribution is -2.01. The highest BCUT2D eigenvalue weighted by molar-refractivity contribution is 5.60. The van der Waals surface area contributed by atoms with Crippen molar-refractivity contribution in [3.63, 3.8) is 0 Å². The molecule has 0 amide bonds. The van der Waals surface area contributed by atoms with Crippen molar-refractivity contribution < 1.29 is 0 Å². The maximum atomic E-state index is 4.36. The van der Waals surface area contributed by atoms with Gasteiger partial charge in [-0.2, -0.15) is 0 Å². The molecule has 0 saturated carbocycles. The maximum absolute atomic E-state index is 4.36. The molecule has 2 nitrogen and oxygen atoms in total. The maximum Gasteiger partial charge on any atom is 0.110 e. The minimum absolute atomic E-state index is 1.07. The topological polar surface area (TPSA) is 17.3 Å². The average molecular weight is 188 g/mol. The van der Waals surface area contributed by atoms with E-state index in [-0.39, 0.29) is 0 Å². The Labute approximate surface area is 84.6 Å². The van der Waals surface area contributed by atoms with Crippen LogP contribution in [0.25, 0.3) is 5.52 Å². The van der Waals surface area contributed by atoms with Gasteiger partial charge in [0.2, 0.25) is 0 Å². The van der Waals surface area contributed by atoms with E-state index in [1.165, 1.54) is 27.9 Å². The number of aromatic nitrogens is 2. The first-order valence-electron chi connectivity index (χ1n) is 4.94. The van der Waals surface area contributed by atoms with Gasteiger partial charge in [0.15, 0.2) is 0 Å². The lowest BCUT2D eigenvalue weighted by molar-refractivity contribution is 0.965. The largest absolute Gasteiger partial charge is 0.301 e. The summed E-state index contributed by atoms with van der Waals surface area (Å²) in [5.74, 6) is 1.07. The van der Waals surface area contributed by atoms with Crippen molar-refractivity contribution in [3.05, 3.63) is 34.4 Å². The van der Waals surface area contributed by atoms with Gasteiger partial charge in [0.05, 0.1) is 11.7 Å². The number of hydrogen-bond donors (Lipinski definition) is 0. The van der Waals surface area contributed by atoms with E-state index in [1.54, 1.807) is 0 Å². The van der Waals surface area contributed by atoms with Crippen LogP contribution < -0.4 is 0 Å². The zero-order chi connectivity index (χ0) is 10.5. The van der Waals surface area contributed by atoms with Crippen LogP contribution in [0, 0.1) is 34.6 Å². The van der Waals surface area contributed by atoms with Crippen molar-refractivity contribution >= 4 is 5.52 Å². The summed E-state index contributed by atoms with van der Waals surface area (Å²) < 4.78 is 2.23. The van der Waals surface area contributed by atoms with E-state index < -0.39 is 0 Å². The van der Waals surface area contributed by atoms with Crippen LogP contribution in [0.1, 0.15) is 28.2 Å². The Morgan fingerprint density at radius 3 is 2.21 bits per heavy atom. The van der Waals surface area contributed by atoms with Crippen molar-refractivity contribution in [1.29, 1.82) is 0 Å². The summed E-state index contributed by atoms with van der Waals surface area (Å²) in [6, 6.07) is 0. The van der Waals surface area contributed by atoms with Crippen molar-refractivity contribution in [3.8, 4) is 0 Å². The second-order valence-corrected chi connectivity index (χ2v) is 3.99. The van der Waals surface area contributed by atoms with Gasteiger partial charge in [-0.1, -0.05) is 0 Å². The molecule has 0 aliphatic heterocycles. The zero-order valence-corrected chi connectivity index (χ0v) is 9.47. The third-order valence-electron chi connectivity index (χ3n) is 3.33.